The predicted octanol–water partition coefficient (Wildman–Crippen LogP) is 2.73. The number of nitrogens with one attached hydrogen (secondary N) is 1. The normalized spacial score (nSPS) is 20.6. The third-order valence-corrected chi connectivity index (χ3v) is 6.84. The van der Waals surface area contributed by atoms with Gasteiger partial charge in [0.25, 0.3) is 0 Å². The van der Waals surface area contributed by atoms with Gasteiger partial charge < -0.3 is 11.1 Å². The minimum Gasteiger partial charge on any atom is -0.369 e. The SMILES string of the molecule is NC(=O)CN1CCC2(CCc3c(NCC4CC4)nc(-c4ccccc4)nc32)CC1. The van der Waals surface area contributed by atoms with Crippen molar-refractivity contribution in [2.24, 2.45) is 11.7 Å². The molecule has 2 aromatic rings. The zero-order chi connectivity index (χ0) is 19.8. The summed E-state index contributed by atoms with van der Waals surface area (Å²) in [6.07, 6.45) is 6.86. The first-order valence-electron chi connectivity index (χ1n) is 10.8. The first-order valence-corrected chi connectivity index (χ1v) is 10.8. The van der Waals surface area contributed by atoms with Crippen molar-refractivity contribution in [2.75, 3.05) is 31.5 Å². The molecule has 1 aromatic carbocycles. The molecule has 152 valence electrons. The first kappa shape index (κ1) is 18.6. The Morgan fingerprint density at radius 1 is 1.14 bits per heavy atom. The number of benzene rings is 1. The van der Waals surface area contributed by atoms with Crippen molar-refractivity contribution >= 4 is 11.7 Å². The lowest BCUT2D eigenvalue weighted by atomic mass is 9.76. The first-order chi connectivity index (χ1) is 14.1. The molecule has 2 fully saturated rings. The van der Waals surface area contributed by atoms with Gasteiger partial charge in [0.15, 0.2) is 5.82 Å². The molecule has 0 unspecified atom stereocenters. The number of aromatic nitrogens is 2. The van der Waals surface area contributed by atoms with E-state index in [1.165, 1.54) is 24.1 Å². The fourth-order valence-electron chi connectivity index (χ4n) is 4.91. The van der Waals surface area contributed by atoms with Crippen LogP contribution in [0.2, 0.25) is 0 Å². The highest BCUT2D eigenvalue weighted by Gasteiger charge is 2.44. The maximum Gasteiger partial charge on any atom is 0.231 e. The standard InChI is InChI=1S/C23H29N5O/c24-19(29)15-28-12-10-23(11-13-28)9-8-18-20(23)26-21(17-4-2-1-3-5-17)27-22(18)25-14-16-6-7-16/h1-5,16H,6-15H2,(H2,24,29)(H,25,26,27). The smallest absolute Gasteiger partial charge is 0.231 e. The van der Waals surface area contributed by atoms with Crippen LogP contribution in [-0.4, -0.2) is 47.0 Å². The number of nitrogens with zero attached hydrogens (tertiary/aromatic N) is 3. The molecule has 0 radical (unpaired) electrons. The van der Waals surface area contributed by atoms with Crippen molar-refractivity contribution in [3.63, 3.8) is 0 Å². The highest BCUT2D eigenvalue weighted by molar-refractivity contribution is 5.76. The van der Waals surface area contributed by atoms with Crippen LogP contribution < -0.4 is 11.1 Å². The fourth-order valence-corrected chi connectivity index (χ4v) is 4.91. The zero-order valence-corrected chi connectivity index (χ0v) is 16.9. The Bertz CT molecular complexity index is 901. The molecule has 1 aliphatic heterocycles. The molecule has 2 heterocycles. The second-order valence-corrected chi connectivity index (χ2v) is 8.94. The van der Waals surface area contributed by atoms with Gasteiger partial charge in [-0.1, -0.05) is 30.3 Å². The molecule has 1 spiro atoms. The van der Waals surface area contributed by atoms with Gasteiger partial charge in [-0.05, 0) is 57.5 Å². The lowest BCUT2D eigenvalue weighted by Gasteiger charge is -2.39. The van der Waals surface area contributed by atoms with E-state index in [0.29, 0.717) is 6.54 Å². The predicted molar refractivity (Wildman–Crippen MR) is 114 cm³/mol. The lowest BCUT2D eigenvalue weighted by Crippen LogP contribution is -2.45. The number of rotatable bonds is 6. The lowest BCUT2D eigenvalue weighted by molar-refractivity contribution is -0.119. The molecule has 0 atom stereocenters. The number of anilines is 1. The summed E-state index contributed by atoms with van der Waals surface area (Å²) in [5, 5.41) is 3.65. The van der Waals surface area contributed by atoms with E-state index in [4.69, 9.17) is 15.7 Å². The van der Waals surface area contributed by atoms with Crippen molar-refractivity contribution in [1.29, 1.82) is 0 Å². The van der Waals surface area contributed by atoms with Crippen LogP contribution in [0.4, 0.5) is 5.82 Å². The van der Waals surface area contributed by atoms with Crippen molar-refractivity contribution < 1.29 is 4.79 Å². The van der Waals surface area contributed by atoms with E-state index in [0.717, 1.165) is 68.4 Å². The van der Waals surface area contributed by atoms with Crippen molar-refractivity contribution in [2.45, 2.75) is 43.9 Å². The van der Waals surface area contributed by atoms with Gasteiger partial charge in [-0.15, -0.1) is 0 Å². The number of nitrogens with two attached hydrogens (primary N) is 1. The van der Waals surface area contributed by atoms with E-state index in [-0.39, 0.29) is 11.3 Å². The van der Waals surface area contributed by atoms with E-state index in [1.807, 2.05) is 18.2 Å². The van der Waals surface area contributed by atoms with Crippen molar-refractivity contribution in [3.05, 3.63) is 41.6 Å². The molecule has 3 aliphatic rings. The molecule has 6 nitrogen and oxygen atoms in total. The van der Waals surface area contributed by atoms with Crippen LogP contribution in [-0.2, 0) is 16.6 Å². The number of fused-ring (bicyclic) bond motifs is 2. The fraction of sp³-hybridized carbons (Fsp3) is 0.522. The van der Waals surface area contributed by atoms with Crippen LogP contribution >= 0.6 is 0 Å². The summed E-state index contributed by atoms with van der Waals surface area (Å²) in [6.45, 7) is 3.17. The molecule has 5 rings (SSSR count). The summed E-state index contributed by atoms with van der Waals surface area (Å²) in [7, 11) is 0. The second kappa shape index (κ2) is 7.41. The zero-order valence-electron chi connectivity index (χ0n) is 16.9. The number of amides is 1. The van der Waals surface area contributed by atoms with Crippen molar-refractivity contribution in [1.82, 2.24) is 14.9 Å². The Hall–Kier alpha value is -2.47. The summed E-state index contributed by atoms with van der Waals surface area (Å²) in [4.78, 5) is 23.6. The third-order valence-electron chi connectivity index (χ3n) is 6.84. The summed E-state index contributed by atoms with van der Waals surface area (Å²) < 4.78 is 0. The van der Waals surface area contributed by atoms with Gasteiger partial charge in [0.1, 0.15) is 5.82 Å². The Morgan fingerprint density at radius 3 is 2.59 bits per heavy atom. The summed E-state index contributed by atoms with van der Waals surface area (Å²) >= 11 is 0. The Balaban J connectivity index is 1.48. The molecule has 0 bridgehead atoms. The van der Waals surface area contributed by atoms with Crippen LogP contribution in [0.3, 0.4) is 0 Å². The quantitative estimate of drug-likeness (QED) is 0.791. The van der Waals surface area contributed by atoms with Gasteiger partial charge in [-0.3, -0.25) is 9.69 Å². The van der Waals surface area contributed by atoms with E-state index >= 15 is 0 Å². The highest BCUT2D eigenvalue weighted by Crippen LogP contribution is 2.47. The third kappa shape index (κ3) is 3.73. The van der Waals surface area contributed by atoms with E-state index < -0.39 is 0 Å². The van der Waals surface area contributed by atoms with Gasteiger partial charge >= 0.3 is 0 Å². The largest absolute Gasteiger partial charge is 0.369 e. The van der Waals surface area contributed by atoms with E-state index in [2.05, 4.69) is 22.3 Å². The monoisotopic (exact) mass is 391 g/mol. The van der Waals surface area contributed by atoms with Gasteiger partial charge in [0.2, 0.25) is 5.91 Å². The van der Waals surface area contributed by atoms with Gasteiger partial charge in [-0.2, -0.15) is 0 Å². The summed E-state index contributed by atoms with van der Waals surface area (Å²) in [5.41, 5.74) is 9.13. The Morgan fingerprint density at radius 2 is 1.90 bits per heavy atom. The van der Waals surface area contributed by atoms with Crippen molar-refractivity contribution in [3.8, 4) is 11.4 Å². The van der Waals surface area contributed by atoms with Gasteiger partial charge in [-0.25, -0.2) is 9.97 Å². The molecule has 2 aliphatic carbocycles. The number of piperidine rings is 1. The molecule has 1 saturated heterocycles. The summed E-state index contributed by atoms with van der Waals surface area (Å²) in [5.74, 6) is 2.42. The summed E-state index contributed by atoms with van der Waals surface area (Å²) in [6, 6.07) is 10.3. The molecule has 6 heteroatoms. The van der Waals surface area contributed by atoms with Gasteiger partial charge in [0.05, 0.1) is 12.2 Å². The molecule has 3 N–H and O–H groups in total. The number of carbonyl (C=O) groups excluding carboxylic acids is 1. The Kier molecular flexibility index (Phi) is 4.74. The number of hydrogen-bond donors (Lipinski definition) is 2. The molecular weight excluding hydrogens is 362 g/mol. The van der Waals surface area contributed by atoms with Gasteiger partial charge in [0, 0.05) is 23.1 Å². The molecule has 1 amide bonds. The molecular formula is C23H29N5O. The topological polar surface area (TPSA) is 84.1 Å². The van der Waals surface area contributed by atoms with Crippen LogP contribution in [0.5, 0.6) is 0 Å². The average molecular weight is 392 g/mol. The molecule has 29 heavy (non-hydrogen) atoms. The highest BCUT2D eigenvalue weighted by atomic mass is 16.1. The van der Waals surface area contributed by atoms with Crippen LogP contribution in [0.25, 0.3) is 11.4 Å². The number of likely N-dealkylation sites (tertiary alicyclic amines) is 1. The number of primary amides is 1. The van der Waals surface area contributed by atoms with Crippen LogP contribution in [0.1, 0.15) is 43.4 Å². The van der Waals surface area contributed by atoms with E-state index in [1.54, 1.807) is 0 Å². The van der Waals surface area contributed by atoms with Crippen LogP contribution in [0, 0.1) is 5.92 Å². The Labute approximate surface area is 171 Å². The molecule has 1 aromatic heterocycles. The minimum absolute atomic E-state index is 0.103. The second-order valence-electron chi connectivity index (χ2n) is 8.94. The molecule has 1 saturated carbocycles. The number of carbonyl (C=O) groups is 1. The maximum atomic E-state index is 11.3. The average Bonchev–Trinajstić information content (AvgIpc) is 3.50. The minimum atomic E-state index is -0.243. The maximum absolute atomic E-state index is 11.3. The van der Waals surface area contributed by atoms with Crippen LogP contribution in [0.15, 0.2) is 30.3 Å². The van der Waals surface area contributed by atoms with E-state index in [9.17, 15) is 4.79 Å². The number of hydrogen-bond acceptors (Lipinski definition) is 5.